The van der Waals surface area contributed by atoms with Crippen molar-refractivity contribution in [3.8, 4) is 0 Å². The first-order valence-corrected chi connectivity index (χ1v) is 6.88. The maximum atomic E-state index is 5.70. The molecule has 0 bridgehead atoms. The van der Waals surface area contributed by atoms with Crippen molar-refractivity contribution in [1.29, 1.82) is 0 Å². The van der Waals surface area contributed by atoms with Gasteiger partial charge in [-0.1, -0.05) is 19.1 Å². The lowest BCUT2D eigenvalue weighted by Gasteiger charge is -2.07. The molecule has 1 aromatic heterocycles. The van der Waals surface area contributed by atoms with Crippen molar-refractivity contribution in [3.63, 3.8) is 0 Å². The highest BCUT2D eigenvalue weighted by molar-refractivity contribution is 5.39. The number of nitrogens with zero attached hydrogens (tertiary/aromatic N) is 3. The van der Waals surface area contributed by atoms with E-state index in [9.17, 15) is 0 Å². The smallest absolute Gasteiger partial charge is 0.154 e. The van der Waals surface area contributed by atoms with Crippen LogP contribution in [0.15, 0.2) is 24.3 Å². The number of anilines is 1. The van der Waals surface area contributed by atoms with E-state index in [1.807, 2.05) is 23.9 Å². The van der Waals surface area contributed by atoms with Crippen LogP contribution in [0.25, 0.3) is 0 Å². The van der Waals surface area contributed by atoms with Crippen LogP contribution >= 0.6 is 0 Å². The van der Waals surface area contributed by atoms with Crippen molar-refractivity contribution in [2.24, 2.45) is 7.05 Å². The van der Waals surface area contributed by atoms with Crippen molar-refractivity contribution in [2.45, 2.75) is 38.0 Å². The van der Waals surface area contributed by atoms with E-state index >= 15 is 0 Å². The molecule has 19 heavy (non-hydrogen) atoms. The van der Waals surface area contributed by atoms with Gasteiger partial charge < -0.3 is 5.73 Å². The van der Waals surface area contributed by atoms with Crippen LogP contribution in [0.3, 0.4) is 0 Å². The molecule has 0 amide bonds. The fourth-order valence-corrected chi connectivity index (χ4v) is 2.42. The van der Waals surface area contributed by atoms with Gasteiger partial charge in [-0.15, -0.1) is 0 Å². The standard InChI is InChI=1S/C15H20N4/c1-10(9-11-3-7-13(16)8-4-11)14-17-15(12-5-6-12)19(2)18-14/h3-4,7-8,10,12H,5-6,9,16H2,1-2H3. The molecule has 100 valence electrons. The van der Waals surface area contributed by atoms with Crippen molar-refractivity contribution in [3.05, 3.63) is 41.5 Å². The number of rotatable bonds is 4. The van der Waals surface area contributed by atoms with Gasteiger partial charge in [0.25, 0.3) is 0 Å². The number of aryl methyl sites for hydroxylation is 1. The molecule has 0 spiro atoms. The maximum absolute atomic E-state index is 5.70. The summed E-state index contributed by atoms with van der Waals surface area (Å²) in [7, 11) is 2.00. The van der Waals surface area contributed by atoms with Gasteiger partial charge in [0.2, 0.25) is 0 Å². The van der Waals surface area contributed by atoms with E-state index in [2.05, 4.69) is 24.2 Å². The molecule has 1 aliphatic carbocycles. The molecule has 0 saturated heterocycles. The predicted octanol–water partition coefficient (Wildman–Crippen LogP) is 2.62. The third-order valence-corrected chi connectivity index (χ3v) is 3.72. The average molecular weight is 256 g/mol. The van der Waals surface area contributed by atoms with Gasteiger partial charge in [-0.3, -0.25) is 4.68 Å². The van der Waals surface area contributed by atoms with Gasteiger partial charge in [0.05, 0.1) is 0 Å². The Morgan fingerprint density at radius 3 is 2.63 bits per heavy atom. The lowest BCUT2D eigenvalue weighted by molar-refractivity contribution is 0.660. The van der Waals surface area contributed by atoms with Crippen molar-refractivity contribution in [2.75, 3.05) is 5.73 Å². The lowest BCUT2D eigenvalue weighted by Crippen LogP contribution is -2.02. The summed E-state index contributed by atoms with van der Waals surface area (Å²) in [4.78, 5) is 4.71. The topological polar surface area (TPSA) is 56.7 Å². The molecule has 2 N–H and O–H groups in total. The highest BCUT2D eigenvalue weighted by Gasteiger charge is 2.29. The van der Waals surface area contributed by atoms with Gasteiger partial charge in [0, 0.05) is 24.6 Å². The van der Waals surface area contributed by atoms with E-state index in [0.29, 0.717) is 11.8 Å². The zero-order valence-corrected chi connectivity index (χ0v) is 11.5. The van der Waals surface area contributed by atoms with E-state index in [1.54, 1.807) is 0 Å². The van der Waals surface area contributed by atoms with Gasteiger partial charge in [-0.25, -0.2) is 4.98 Å². The Kier molecular flexibility index (Phi) is 3.01. The SMILES string of the molecule is CC(Cc1ccc(N)cc1)c1nc(C2CC2)n(C)n1. The second kappa shape index (κ2) is 4.68. The van der Waals surface area contributed by atoms with E-state index in [-0.39, 0.29) is 0 Å². The first kappa shape index (κ1) is 12.2. The number of hydrogen-bond acceptors (Lipinski definition) is 3. The average Bonchev–Trinajstić information content (AvgIpc) is 3.15. The van der Waals surface area contributed by atoms with Crippen molar-refractivity contribution in [1.82, 2.24) is 14.8 Å². The molecule has 1 unspecified atom stereocenters. The third kappa shape index (κ3) is 2.62. The molecule has 1 atom stereocenters. The molecule has 3 rings (SSSR count). The second-order valence-corrected chi connectivity index (χ2v) is 5.57. The zero-order valence-electron chi connectivity index (χ0n) is 11.5. The van der Waals surface area contributed by atoms with Gasteiger partial charge in [0.1, 0.15) is 5.82 Å². The Bertz CT molecular complexity index is 566. The maximum Gasteiger partial charge on any atom is 0.154 e. The largest absolute Gasteiger partial charge is 0.399 e. The summed E-state index contributed by atoms with van der Waals surface area (Å²) in [5, 5.41) is 4.57. The summed E-state index contributed by atoms with van der Waals surface area (Å²) in [5.41, 5.74) is 7.79. The summed E-state index contributed by atoms with van der Waals surface area (Å²) in [5.74, 6) is 3.10. The van der Waals surface area contributed by atoms with Crippen molar-refractivity contribution < 1.29 is 0 Å². The van der Waals surface area contributed by atoms with Gasteiger partial charge in [-0.05, 0) is 37.0 Å². The predicted molar refractivity (Wildman–Crippen MR) is 76.0 cm³/mol. The Morgan fingerprint density at radius 1 is 1.32 bits per heavy atom. The minimum atomic E-state index is 0.335. The Labute approximate surface area is 113 Å². The molecule has 1 saturated carbocycles. The van der Waals surface area contributed by atoms with Crippen LogP contribution in [0, 0.1) is 0 Å². The fourth-order valence-electron chi connectivity index (χ4n) is 2.42. The van der Waals surface area contributed by atoms with E-state index in [0.717, 1.165) is 23.8 Å². The molecule has 4 nitrogen and oxygen atoms in total. The minimum Gasteiger partial charge on any atom is -0.399 e. The van der Waals surface area contributed by atoms with Crippen LogP contribution in [-0.2, 0) is 13.5 Å². The molecule has 1 heterocycles. The first-order chi connectivity index (χ1) is 9.13. The number of hydrogen-bond donors (Lipinski definition) is 1. The molecule has 2 aromatic rings. The number of nitrogens with two attached hydrogens (primary N) is 1. The van der Waals surface area contributed by atoms with Crippen LogP contribution in [-0.4, -0.2) is 14.8 Å². The zero-order chi connectivity index (χ0) is 13.4. The van der Waals surface area contributed by atoms with Crippen LogP contribution in [0.5, 0.6) is 0 Å². The van der Waals surface area contributed by atoms with Crippen molar-refractivity contribution >= 4 is 5.69 Å². The highest BCUT2D eigenvalue weighted by atomic mass is 15.3. The van der Waals surface area contributed by atoms with Gasteiger partial charge >= 0.3 is 0 Å². The molecule has 1 aromatic carbocycles. The normalized spacial score (nSPS) is 16.5. The van der Waals surface area contributed by atoms with Gasteiger partial charge in [-0.2, -0.15) is 5.10 Å². The quantitative estimate of drug-likeness (QED) is 0.855. The van der Waals surface area contributed by atoms with Crippen LogP contribution in [0.1, 0.15) is 48.8 Å². The molecule has 1 fully saturated rings. The van der Waals surface area contributed by atoms with Crippen LogP contribution < -0.4 is 5.73 Å². The molecular formula is C15H20N4. The summed E-state index contributed by atoms with van der Waals surface area (Å²) >= 11 is 0. The van der Waals surface area contributed by atoms with Gasteiger partial charge in [0.15, 0.2) is 5.82 Å². The van der Waals surface area contributed by atoms with E-state index < -0.39 is 0 Å². The summed E-state index contributed by atoms with van der Waals surface area (Å²) in [6.45, 7) is 2.18. The second-order valence-electron chi connectivity index (χ2n) is 5.57. The summed E-state index contributed by atoms with van der Waals surface area (Å²) < 4.78 is 1.95. The molecule has 0 radical (unpaired) electrons. The lowest BCUT2D eigenvalue weighted by atomic mass is 10.0. The third-order valence-electron chi connectivity index (χ3n) is 3.72. The number of aromatic nitrogens is 3. The Balaban J connectivity index is 1.74. The monoisotopic (exact) mass is 256 g/mol. The molecular weight excluding hydrogens is 236 g/mol. The van der Waals surface area contributed by atoms with Crippen LogP contribution in [0.2, 0.25) is 0 Å². The molecule has 0 aliphatic heterocycles. The molecule has 1 aliphatic rings. The fraction of sp³-hybridized carbons (Fsp3) is 0.467. The molecule has 4 heteroatoms. The number of nitrogen functional groups attached to an aromatic ring is 1. The summed E-state index contributed by atoms with van der Waals surface area (Å²) in [6, 6.07) is 8.06. The Morgan fingerprint density at radius 2 is 2.00 bits per heavy atom. The summed E-state index contributed by atoms with van der Waals surface area (Å²) in [6.07, 6.45) is 3.48. The Hall–Kier alpha value is -1.84. The van der Waals surface area contributed by atoms with Crippen LogP contribution in [0.4, 0.5) is 5.69 Å². The number of benzene rings is 1. The highest BCUT2D eigenvalue weighted by Crippen LogP contribution is 2.39. The van der Waals surface area contributed by atoms with E-state index in [1.165, 1.54) is 18.4 Å². The minimum absolute atomic E-state index is 0.335. The van der Waals surface area contributed by atoms with E-state index in [4.69, 9.17) is 10.7 Å². The first-order valence-electron chi connectivity index (χ1n) is 6.88.